The number of hydrogen-bond donors (Lipinski definition) is 1. The molecular weight excluding hydrogens is 328 g/mol. The summed E-state index contributed by atoms with van der Waals surface area (Å²) in [4.78, 5) is 7.30. The number of allylic oxidation sites excluding steroid dienone is 4. The first-order valence-corrected chi connectivity index (χ1v) is 9.49. The summed E-state index contributed by atoms with van der Waals surface area (Å²) in [6.45, 7) is 6.84. The molecule has 0 unspecified atom stereocenters. The Morgan fingerprint density at radius 2 is 2.24 bits per heavy atom. The van der Waals surface area contributed by atoms with Gasteiger partial charge in [-0.3, -0.25) is 5.84 Å². The highest BCUT2D eigenvalue weighted by Gasteiger charge is 2.16. The zero-order chi connectivity index (χ0) is 17.8. The topological polar surface area (TPSA) is 45.4 Å². The van der Waals surface area contributed by atoms with Gasteiger partial charge in [0, 0.05) is 26.7 Å². The van der Waals surface area contributed by atoms with Gasteiger partial charge >= 0.3 is 0 Å². The molecule has 0 bridgehead atoms. The summed E-state index contributed by atoms with van der Waals surface area (Å²) >= 11 is 1.78. The number of benzene rings is 1. The quantitative estimate of drug-likeness (QED) is 0.375. The predicted octanol–water partition coefficient (Wildman–Crippen LogP) is 4.35. The van der Waals surface area contributed by atoms with Crippen molar-refractivity contribution in [3.63, 3.8) is 0 Å². The molecule has 25 heavy (non-hydrogen) atoms. The average Bonchev–Trinajstić information content (AvgIpc) is 3.04. The zero-order valence-corrected chi connectivity index (χ0v) is 16.0. The van der Waals surface area contributed by atoms with Crippen LogP contribution in [0.15, 0.2) is 42.5 Å². The van der Waals surface area contributed by atoms with Gasteiger partial charge in [-0.1, -0.05) is 41.7 Å². The van der Waals surface area contributed by atoms with Crippen LogP contribution < -0.4 is 10.7 Å². The summed E-state index contributed by atoms with van der Waals surface area (Å²) in [5.74, 6) is 5.94. The summed E-state index contributed by atoms with van der Waals surface area (Å²) in [7, 11) is 1.89. The molecular formula is C20H26N4S. The van der Waals surface area contributed by atoms with E-state index in [1.54, 1.807) is 16.3 Å². The van der Waals surface area contributed by atoms with Gasteiger partial charge in [-0.25, -0.2) is 9.99 Å². The molecule has 2 heterocycles. The Labute approximate surface area is 153 Å². The fraction of sp³-hybridized carbons (Fsp3) is 0.350. The van der Waals surface area contributed by atoms with E-state index in [-0.39, 0.29) is 0 Å². The molecule has 0 atom stereocenters. The number of hydrazine groups is 1. The molecule has 0 saturated carbocycles. The van der Waals surface area contributed by atoms with Gasteiger partial charge in [0.1, 0.15) is 0 Å². The number of nitrogens with zero attached hydrogens (tertiary/aromatic N) is 3. The number of rotatable bonds is 5. The third kappa shape index (κ3) is 4.18. The van der Waals surface area contributed by atoms with E-state index in [0.29, 0.717) is 6.54 Å². The largest absolute Gasteiger partial charge is 0.344 e. The van der Waals surface area contributed by atoms with Gasteiger partial charge in [-0.05, 0) is 49.1 Å². The minimum absolute atomic E-state index is 0.685. The summed E-state index contributed by atoms with van der Waals surface area (Å²) in [6, 6.07) is 4.48. The Hall–Kier alpha value is -1.95. The molecule has 2 N–H and O–H groups in total. The lowest BCUT2D eigenvalue weighted by Gasteiger charge is -2.22. The van der Waals surface area contributed by atoms with Gasteiger partial charge < -0.3 is 4.90 Å². The Kier molecular flexibility index (Phi) is 5.68. The highest BCUT2D eigenvalue weighted by atomic mass is 32.1. The van der Waals surface area contributed by atoms with Crippen LogP contribution in [0.5, 0.6) is 0 Å². The number of fused-ring (bicyclic) bond motifs is 1. The van der Waals surface area contributed by atoms with E-state index in [1.165, 1.54) is 21.4 Å². The van der Waals surface area contributed by atoms with Crippen molar-refractivity contribution in [2.24, 2.45) is 5.84 Å². The fourth-order valence-corrected chi connectivity index (χ4v) is 4.08. The summed E-state index contributed by atoms with van der Waals surface area (Å²) in [6.07, 6.45) is 11.8. The number of thiazole rings is 1. The highest BCUT2D eigenvalue weighted by molar-refractivity contribution is 7.22. The lowest BCUT2D eigenvalue weighted by atomic mass is 10.0. The molecule has 0 aliphatic carbocycles. The van der Waals surface area contributed by atoms with Crippen LogP contribution in [0, 0.1) is 0 Å². The van der Waals surface area contributed by atoms with Gasteiger partial charge in [-0.15, -0.1) is 0 Å². The molecule has 0 amide bonds. The van der Waals surface area contributed by atoms with E-state index in [4.69, 9.17) is 10.8 Å². The Balaban J connectivity index is 2.07. The van der Waals surface area contributed by atoms with E-state index >= 15 is 0 Å². The van der Waals surface area contributed by atoms with Gasteiger partial charge in [0.05, 0.1) is 10.2 Å². The van der Waals surface area contributed by atoms with Crippen molar-refractivity contribution in [1.29, 1.82) is 0 Å². The second-order valence-electron chi connectivity index (χ2n) is 6.48. The first-order valence-electron chi connectivity index (χ1n) is 8.67. The molecule has 0 radical (unpaired) electrons. The van der Waals surface area contributed by atoms with Crippen LogP contribution in [0.1, 0.15) is 31.4 Å². The van der Waals surface area contributed by atoms with Crippen molar-refractivity contribution >= 4 is 32.3 Å². The van der Waals surface area contributed by atoms with Crippen molar-refractivity contribution in [1.82, 2.24) is 9.99 Å². The second-order valence-corrected chi connectivity index (χ2v) is 7.48. The van der Waals surface area contributed by atoms with Crippen LogP contribution in [0.2, 0.25) is 0 Å². The monoisotopic (exact) mass is 354 g/mol. The van der Waals surface area contributed by atoms with Gasteiger partial charge in [-0.2, -0.15) is 0 Å². The molecule has 0 fully saturated rings. The molecule has 1 aliphatic heterocycles. The van der Waals surface area contributed by atoms with E-state index in [1.807, 2.05) is 20.0 Å². The predicted molar refractivity (Wildman–Crippen MR) is 110 cm³/mol. The van der Waals surface area contributed by atoms with Crippen molar-refractivity contribution in [2.75, 3.05) is 25.0 Å². The number of anilines is 1. The molecule has 1 aliphatic rings. The molecule has 3 rings (SSSR count). The smallest absolute Gasteiger partial charge is 0.186 e. The van der Waals surface area contributed by atoms with E-state index in [2.05, 4.69) is 48.3 Å². The second kappa shape index (κ2) is 7.95. The maximum atomic E-state index is 5.94. The average molecular weight is 355 g/mol. The van der Waals surface area contributed by atoms with Crippen LogP contribution in [-0.2, 0) is 6.54 Å². The maximum absolute atomic E-state index is 5.94. The van der Waals surface area contributed by atoms with Crippen LogP contribution in [0.4, 0.5) is 5.13 Å². The van der Waals surface area contributed by atoms with Crippen LogP contribution in [-0.4, -0.2) is 30.1 Å². The summed E-state index contributed by atoms with van der Waals surface area (Å²) in [5, 5.41) is 2.82. The third-order valence-corrected chi connectivity index (χ3v) is 5.37. The molecule has 4 nitrogen and oxygen atoms in total. The molecule has 0 spiro atoms. The highest BCUT2D eigenvalue weighted by Crippen LogP contribution is 2.34. The minimum Gasteiger partial charge on any atom is -0.344 e. The van der Waals surface area contributed by atoms with E-state index < -0.39 is 0 Å². The van der Waals surface area contributed by atoms with Gasteiger partial charge in [0.15, 0.2) is 5.13 Å². The Bertz CT molecular complexity index is 830. The lowest BCUT2D eigenvalue weighted by molar-refractivity contribution is 0.343. The van der Waals surface area contributed by atoms with E-state index in [0.717, 1.165) is 30.2 Å². The van der Waals surface area contributed by atoms with Crippen molar-refractivity contribution in [3.05, 3.63) is 53.6 Å². The standard InChI is InChI=1S/C20H26N4S/c1-4-5-9-15(2)16-12-17(14-23(3)21)19-18(13-16)25-20(22-19)24-10-7-6-8-11-24/h4-7,9,12-13H,8,10-11,14,21H2,1-3H3/b5-4-,15-9+. The third-order valence-electron chi connectivity index (χ3n) is 4.31. The molecule has 2 aromatic rings. The van der Waals surface area contributed by atoms with Crippen molar-refractivity contribution in [2.45, 2.75) is 26.8 Å². The Morgan fingerprint density at radius 3 is 2.92 bits per heavy atom. The van der Waals surface area contributed by atoms with E-state index in [9.17, 15) is 0 Å². The first-order chi connectivity index (χ1) is 12.1. The lowest BCUT2D eigenvalue weighted by Crippen LogP contribution is -2.26. The fourth-order valence-electron chi connectivity index (χ4n) is 2.99. The molecule has 1 aromatic heterocycles. The molecule has 0 saturated heterocycles. The summed E-state index contributed by atoms with van der Waals surface area (Å²) in [5.41, 5.74) is 4.74. The van der Waals surface area contributed by atoms with Gasteiger partial charge in [0.25, 0.3) is 0 Å². The zero-order valence-electron chi connectivity index (χ0n) is 15.2. The normalized spacial score (nSPS) is 15.9. The molecule has 1 aromatic carbocycles. The maximum Gasteiger partial charge on any atom is 0.186 e. The minimum atomic E-state index is 0.685. The molecule has 132 valence electrons. The number of aromatic nitrogens is 1. The van der Waals surface area contributed by atoms with Crippen LogP contribution in [0.3, 0.4) is 0 Å². The first kappa shape index (κ1) is 17.9. The van der Waals surface area contributed by atoms with Crippen molar-refractivity contribution < 1.29 is 0 Å². The molecule has 5 heteroatoms. The Morgan fingerprint density at radius 1 is 1.40 bits per heavy atom. The SMILES string of the molecule is C/C=C\C=C(/C)c1cc(CN(C)N)c2nc(N3CC=CCC3)sc2c1. The van der Waals surface area contributed by atoms with Crippen molar-refractivity contribution in [3.8, 4) is 0 Å². The number of hydrogen-bond acceptors (Lipinski definition) is 5. The van der Waals surface area contributed by atoms with Gasteiger partial charge in [0.2, 0.25) is 0 Å². The van der Waals surface area contributed by atoms with Crippen LogP contribution >= 0.6 is 11.3 Å². The summed E-state index contributed by atoms with van der Waals surface area (Å²) < 4.78 is 1.23. The number of nitrogens with two attached hydrogens (primary N) is 1. The van der Waals surface area contributed by atoms with Crippen LogP contribution in [0.25, 0.3) is 15.8 Å².